The van der Waals surface area contributed by atoms with Crippen LogP contribution < -0.4 is 9.47 Å². The number of hydrogen-bond acceptors (Lipinski definition) is 7. The monoisotopic (exact) mass is 316 g/mol. The molecule has 7 nitrogen and oxygen atoms in total. The van der Waals surface area contributed by atoms with Crippen molar-refractivity contribution in [2.75, 3.05) is 26.4 Å². The van der Waals surface area contributed by atoms with Gasteiger partial charge < -0.3 is 14.2 Å². The number of rotatable bonds is 10. The fraction of sp³-hybridized carbons (Fsp3) is 0.250. The summed E-state index contributed by atoms with van der Waals surface area (Å²) < 4.78 is 16.2. The van der Waals surface area contributed by atoms with Crippen LogP contribution in [0, 0.1) is 0 Å². The van der Waals surface area contributed by atoms with E-state index in [0.29, 0.717) is 61.9 Å². The third-order valence-electron chi connectivity index (χ3n) is 2.74. The van der Waals surface area contributed by atoms with Gasteiger partial charge in [-0.15, -0.1) is 0 Å². The van der Waals surface area contributed by atoms with E-state index in [-0.39, 0.29) is 0 Å². The first-order valence-corrected chi connectivity index (χ1v) is 6.97. The fourth-order valence-electron chi connectivity index (χ4n) is 1.70. The quantitative estimate of drug-likeness (QED) is 0.485. The predicted octanol–water partition coefficient (Wildman–Crippen LogP) is 1.58. The summed E-state index contributed by atoms with van der Waals surface area (Å²) in [6.45, 7) is 1.48. The van der Waals surface area contributed by atoms with Crippen molar-refractivity contribution in [3.63, 3.8) is 0 Å². The Labute approximate surface area is 133 Å². The third-order valence-corrected chi connectivity index (χ3v) is 2.74. The molecule has 0 radical (unpaired) electrons. The van der Waals surface area contributed by atoms with E-state index >= 15 is 0 Å². The van der Waals surface area contributed by atoms with Crippen LogP contribution in [0.1, 0.15) is 21.0 Å². The highest BCUT2D eigenvalue weighted by atomic mass is 16.5. The lowest BCUT2D eigenvalue weighted by Crippen LogP contribution is -2.12. The van der Waals surface area contributed by atoms with Gasteiger partial charge in [0, 0.05) is 24.5 Å². The van der Waals surface area contributed by atoms with Crippen LogP contribution in [-0.2, 0) is 4.74 Å². The maximum Gasteiger partial charge on any atom is 0.168 e. The number of carbonyl (C=O) groups excluding carboxylic acids is 2. The Morgan fingerprint density at radius 1 is 0.783 bits per heavy atom. The van der Waals surface area contributed by atoms with Gasteiger partial charge in [-0.25, -0.2) is 0 Å². The molecule has 0 atom stereocenters. The van der Waals surface area contributed by atoms with E-state index in [2.05, 4.69) is 9.97 Å². The highest BCUT2D eigenvalue weighted by Crippen LogP contribution is 2.10. The van der Waals surface area contributed by atoms with E-state index in [1.165, 1.54) is 12.4 Å². The molecule has 0 aliphatic heterocycles. The van der Waals surface area contributed by atoms with Crippen LogP contribution >= 0.6 is 0 Å². The summed E-state index contributed by atoms with van der Waals surface area (Å²) in [5.41, 5.74) is 0.646. The molecule has 0 aromatic carbocycles. The first kappa shape index (κ1) is 16.6. The van der Waals surface area contributed by atoms with Gasteiger partial charge in [-0.1, -0.05) is 0 Å². The molecule has 23 heavy (non-hydrogen) atoms. The normalized spacial score (nSPS) is 10.1. The Balaban J connectivity index is 1.58. The Hall–Kier alpha value is -2.80. The predicted molar refractivity (Wildman–Crippen MR) is 81.1 cm³/mol. The van der Waals surface area contributed by atoms with Gasteiger partial charge in [0.1, 0.15) is 36.1 Å². The van der Waals surface area contributed by atoms with Gasteiger partial charge in [0.05, 0.1) is 13.2 Å². The van der Waals surface area contributed by atoms with Crippen LogP contribution in [0.3, 0.4) is 0 Å². The average molecular weight is 316 g/mol. The van der Waals surface area contributed by atoms with Crippen molar-refractivity contribution in [3.8, 4) is 11.5 Å². The molecule has 0 bridgehead atoms. The van der Waals surface area contributed by atoms with E-state index < -0.39 is 0 Å². The lowest BCUT2D eigenvalue weighted by Gasteiger charge is -2.08. The molecule has 0 aliphatic carbocycles. The van der Waals surface area contributed by atoms with Crippen molar-refractivity contribution in [1.82, 2.24) is 9.97 Å². The van der Waals surface area contributed by atoms with Gasteiger partial charge in [-0.05, 0) is 12.1 Å². The molecule has 120 valence electrons. The number of aldehydes is 2. The lowest BCUT2D eigenvalue weighted by atomic mass is 10.3. The molecule has 2 heterocycles. The van der Waals surface area contributed by atoms with E-state index in [4.69, 9.17) is 14.2 Å². The highest BCUT2D eigenvalue weighted by Gasteiger charge is 1.99. The van der Waals surface area contributed by atoms with Crippen molar-refractivity contribution in [2.45, 2.75) is 0 Å². The minimum atomic E-state index is 0.323. The van der Waals surface area contributed by atoms with Gasteiger partial charge in [-0.2, -0.15) is 0 Å². The smallest absolute Gasteiger partial charge is 0.168 e. The fourth-order valence-corrected chi connectivity index (χ4v) is 1.70. The molecule has 0 N–H and O–H groups in total. The average Bonchev–Trinajstić information content (AvgIpc) is 2.61. The van der Waals surface area contributed by atoms with Crippen LogP contribution in [0.15, 0.2) is 36.7 Å². The second kappa shape index (κ2) is 9.26. The lowest BCUT2D eigenvalue weighted by molar-refractivity contribution is 0.0763. The number of carbonyl (C=O) groups is 2. The molecule has 0 saturated carbocycles. The Morgan fingerprint density at radius 3 is 1.70 bits per heavy atom. The molecule has 0 unspecified atom stereocenters. The number of pyridine rings is 2. The number of ether oxygens (including phenoxy) is 3. The maximum absolute atomic E-state index is 10.6. The summed E-state index contributed by atoms with van der Waals surface area (Å²) in [6, 6.07) is 6.46. The molecular formula is C16H16N2O5. The molecule has 0 saturated heterocycles. The van der Waals surface area contributed by atoms with E-state index in [9.17, 15) is 9.59 Å². The zero-order valence-corrected chi connectivity index (χ0v) is 12.4. The van der Waals surface area contributed by atoms with E-state index in [0.717, 1.165) is 0 Å². The van der Waals surface area contributed by atoms with Gasteiger partial charge in [0.25, 0.3) is 0 Å². The number of aromatic nitrogens is 2. The minimum Gasteiger partial charge on any atom is -0.491 e. The Bertz CT molecular complexity index is 592. The minimum absolute atomic E-state index is 0.323. The van der Waals surface area contributed by atoms with Gasteiger partial charge >= 0.3 is 0 Å². The summed E-state index contributed by atoms with van der Waals surface area (Å²) in [4.78, 5) is 28.9. The molecule has 0 amide bonds. The topological polar surface area (TPSA) is 87.6 Å². The molecule has 2 rings (SSSR count). The van der Waals surface area contributed by atoms with Crippen molar-refractivity contribution >= 4 is 12.6 Å². The number of hydrogen-bond donors (Lipinski definition) is 0. The van der Waals surface area contributed by atoms with Crippen molar-refractivity contribution in [3.05, 3.63) is 48.0 Å². The zero-order valence-electron chi connectivity index (χ0n) is 12.4. The van der Waals surface area contributed by atoms with Crippen molar-refractivity contribution in [1.29, 1.82) is 0 Å². The Morgan fingerprint density at radius 2 is 1.26 bits per heavy atom. The summed E-state index contributed by atoms with van der Waals surface area (Å²) in [5.74, 6) is 1.14. The SMILES string of the molecule is O=Cc1cc(OCCOCCOc2ccnc(C=O)c2)ccn1. The summed E-state index contributed by atoms with van der Waals surface area (Å²) in [5, 5.41) is 0. The second-order valence-corrected chi connectivity index (χ2v) is 4.38. The molecule has 0 aliphatic rings. The summed E-state index contributed by atoms with van der Waals surface area (Å²) >= 11 is 0. The molecule has 7 heteroatoms. The van der Waals surface area contributed by atoms with Crippen LogP contribution in [0.5, 0.6) is 11.5 Å². The van der Waals surface area contributed by atoms with Crippen molar-refractivity contribution < 1.29 is 23.8 Å². The third kappa shape index (κ3) is 5.84. The molecule has 2 aromatic rings. The van der Waals surface area contributed by atoms with Crippen LogP contribution in [-0.4, -0.2) is 49.0 Å². The van der Waals surface area contributed by atoms with Crippen LogP contribution in [0.25, 0.3) is 0 Å². The largest absolute Gasteiger partial charge is 0.491 e. The molecule has 0 spiro atoms. The maximum atomic E-state index is 10.6. The van der Waals surface area contributed by atoms with Crippen LogP contribution in [0.2, 0.25) is 0 Å². The van der Waals surface area contributed by atoms with Crippen LogP contribution in [0.4, 0.5) is 0 Å². The molecular weight excluding hydrogens is 300 g/mol. The number of nitrogens with zero attached hydrogens (tertiary/aromatic N) is 2. The standard InChI is InChI=1S/C16H16N2O5/c19-11-13-9-15(1-3-17-13)22-7-5-21-6-8-23-16-2-4-18-14(10-16)12-20/h1-4,9-12H,5-8H2. The molecule has 2 aromatic heterocycles. The Kier molecular flexibility index (Phi) is 6.67. The first-order valence-electron chi connectivity index (χ1n) is 6.97. The molecule has 0 fully saturated rings. The summed E-state index contributed by atoms with van der Waals surface area (Å²) in [7, 11) is 0. The van der Waals surface area contributed by atoms with Gasteiger partial charge in [0.15, 0.2) is 12.6 Å². The second-order valence-electron chi connectivity index (χ2n) is 4.38. The zero-order chi connectivity index (χ0) is 16.3. The summed E-state index contributed by atoms with van der Waals surface area (Å²) in [6.07, 6.45) is 4.35. The highest BCUT2D eigenvalue weighted by molar-refractivity contribution is 5.72. The van der Waals surface area contributed by atoms with E-state index in [1.54, 1.807) is 24.3 Å². The van der Waals surface area contributed by atoms with Gasteiger partial charge in [-0.3, -0.25) is 19.6 Å². The van der Waals surface area contributed by atoms with Gasteiger partial charge in [0.2, 0.25) is 0 Å². The first-order chi connectivity index (χ1) is 11.3. The van der Waals surface area contributed by atoms with E-state index in [1.807, 2.05) is 0 Å². The van der Waals surface area contributed by atoms with Crippen molar-refractivity contribution in [2.24, 2.45) is 0 Å².